The molecule has 1 heterocycles. The zero-order valence-electron chi connectivity index (χ0n) is 15.7. The summed E-state index contributed by atoms with van der Waals surface area (Å²) in [4.78, 5) is 27.6. The van der Waals surface area contributed by atoms with E-state index in [1.165, 1.54) is 5.56 Å². The predicted octanol–water partition coefficient (Wildman–Crippen LogP) is 2.87. The minimum Gasteiger partial charge on any atom is -0.338 e. The van der Waals surface area contributed by atoms with Crippen molar-refractivity contribution in [2.24, 2.45) is 0 Å². The molecule has 1 saturated heterocycles. The van der Waals surface area contributed by atoms with Gasteiger partial charge in [0.15, 0.2) is 0 Å². The number of nitrogens with one attached hydrogen (secondary N) is 1. The van der Waals surface area contributed by atoms with Crippen molar-refractivity contribution in [3.05, 3.63) is 41.5 Å². The van der Waals surface area contributed by atoms with Crippen molar-refractivity contribution >= 4 is 18.0 Å². The van der Waals surface area contributed by atoms with Gasteiger partial charge in [-0.05, 0) is 29.5 Å². The van der Waals surface area contributed by atoms with Gasteiger partial charge in [0, 0.05) is 38.8 Å². The molecule has 3 amide bonds. The van der Waals surface area contributed by atoms with E-state index >= 15 is 0 Å². The first-order valence-electron chi connectivity index (χ1n) is 8.91. The van der Waals surface area contributed by atoms with Gasteiger partial charge in [-0.25, -0.2) is 4.79 Å². The van der Waals surface area contributed by atoms with E-state index < -0.39 is 0 Å². The third kappa shape index (κ3) is 5.34. The van der Waals surface area contributed by atoms with E-state index in [1.54, 1.807) is 15.9 Å². The molecule has 1 fully saturated rings. The number of rotatable bonds is 3. The van der Waals surface area contributed by atoms with E-state index in [1.807, 2.05) is 25.1 Å². The highest BCUT2D eigenvalue weighted by atomic mass is 16.2. The molecule has 25 heavy (non-hydrogen) atoms. The smallest absolute Gasteiger partial charge is 0.317 e. The van der Waals surface area contributed by atoms with Crippen LogP contribution in [0.5, 0.6) is 0 Å². The fourth-order valence-corrected chi connectivity index (χ4v) is 2.76. The zero-order valence-corrected chi connectivity index (χ0v) is 15.7. The molecule has 1 aromatic rings. The molecule has 1 N–H and O–H groups in total. The molecule has 2 rings (SSSR count). The Balaban J connectivity index is 1.88. The lowest BCUT2D eigenvalue weighted by Gasteiger charge is -2.34. The molecule has 1 aliphatic heterocycles. The van der Waals surface area contributed by atoms with Crippen molar-refractivity contribution in [3.8, 4) is 0 Å². The third-order valence-electron chi connectivity index (χ3n) is 4.40. The van der Waals surface area contributed by atoms with Crippen LogP contribution in [0.4, 0.5) is 4.79 Å². The second-order valence-electron chi connectivity index (χ2n) is 7.35. The molecule has 0 unspecified atom stereocenters. The predicted molar refractivity (Wildman–Crippen MR) is 101 cm³/mol. The summed E-state index contributed by atoms with van der Waals surface area (Å²) in [7, 11) is 0. The maximum Gasteiger partial charge on any atom is 0.317 e. The lowest BCUT2D eigenvalue weighted by molar-refractivity contribution is -0.127. The number of hydrogen-bond donors (Lipinski definition) is 1. The Kier molecular flexibility index (Phi) is 6.23. The van der Waals surface area contributed by atoms with Gasteiger partial charge in [-0.15, -0.1) is 0 Å². The highest BCUT2D eigenvalue weighted by Crippen LogP contribution is 2.22. The Morgan fingerprint density at radius 3 is 2.12 bits per heavy atom. The molecule has 1 aliphatic rings. The molecule has 0 atom stereocenters. The van der Waals surface area contributed by atoms with Crippen LogP contribution in [-0.4, -0.2) is 54.5 Å². The molecular weight excluding hydrogens is 314 g/mol. The first-order chi connectivity index (χ1) is 11.8. The van der Waals surface area contributed by atoms with Crippen molar-refractivity contribution in [1.29, 1.82) is 0 Å². The normalized spacial score (nSPS) is 15.5. The Bertz CT molecular complexity index is 621. The molecule has 5 heteroatoms. The van der Waals surface area contributed by atoms with Crippen LogP contribution in [0.1, 0.15) is 38.8 Å². The fraction of sp³-hybridized carbons (Fsp3) is 0.500. The van der Waals surface area contributed by atoms with Crippen molar-refractivity contribution in [1.82, 2.24) is 15.1 Å². The molecule has 0 aliphatic carbocycles. The summed E-state index contributed by atoms with van der Waals surface area (Å²) in [5.74, 6) is -0.00422. The summed E-state index contributed by atoms with van der Waals surface area (Å²) < 4.78 is 0. The summed E-state index contributed by atoms with van der Waals surface area (Å²) in [5.41, 5.74) is 2.42. The van der Waals surface area contributed by atoms with Crippen LogP contribution in [0.2, 0.25) is 0 Å². The van der Waals surface area contributed by atoms with Gasteiger partial charge in [-0.3, -0.25) is 4.79 Å². The van der Waals surface area contributed by atoms with Gasteiger partial charge < -0.3 is 15.1 Å². The van der Waals surface area contributed by atoms with E-state index in [0.29, 0.717) is 32.7 Å². The third-order valence-corrected chi connectivity index (χ3v) is 4.40. The average molecular weight is 343 g/mol. The molecule has 0 spiro atoms. The Morgan fingerprint density at radius 2 is 1.60 bits per heavy atom. The van der Waals surface area contributed by atoms with Gasteiger partial charge in [0.2, 0.25) is 5.91 Å². The molecule has 0 radical (unpaired) electrons. The first-order valence-corrected chi connectivity index (χ1v) is 8.91. The molecule has 136 valence electrons. The Labute approximate surface area is 150 Å². The largest absolute Gasteiger partial charge is 0.338 e. The average Bonchev–Trinajstić information content (AvgIpc) is 2.59. The minimum atomic E-state index is -0.0518. The molecule has 5 nitrogen and oxygen atoms in total. The lowest BCUT2D eigenvalue weighted by atomic mass is 9.87. The van der Waals surface area contributed by atoms with Gasteiger partial charge in [0.25, 0.3) is 0 Å². The first kappa shape index (κ1) is 19.0. The van der Waals surface area contributed by atoms with E-state index in [9.17, 15) is 9.59 Å². The number of piperazine rings is 1. The van der Waals surface area contributed by atoms with Crippen molar-refractivity contribution in [2.45, 2.75) is 33.1 Å². The van der Waals surface area contributed by atoms with Crippen molar-refractivity contribution in [3.63, 3.8) is 0 Å². The van der Waals surface area contributed by atoms with Crippen LogP contribution in [0, 0.1) is 0 Å². The standard InChI is InChI=1S/C20H29N3O2/c1-5-21-19(25)23-14-12-22(13-15-23)18(24)11-8-16-6-9-17(10-7-16)20(2,3)4/h6-11H,5,12-15H2,1-4H3,(H,21,25). The second-order valence-corrected chi connectivity index (χ2v) is 7.35. The van der Waals surface area contributed by atoms with Gasteiger partial charge in [0.05, 0.1) is 0 Å². The number of carbonyl (C=O) groups is 2. The summed E-state index contributed by atoms with van der Waals surface area (Å²) >= 11 is 0. The van der Waals surface area contributed by atoms with E-state index in [2.05, 4.69) is 38.2 Å². The Hall–Kier alpha value is -2.30. The topological polar surface area (TPSA) is 52.7 Å². The fourth-order valence-electron chi connectivity index (χ4n) is 2.76. The summed E-state index contributed by atoms with van der Waals surface area (Å²) in [6, 6.07) is 8.24. The number of benzene rings is 1. The van der Waals surface area contributed by atoms with Crippen LogP contribution in [0.25, 0.3) is 6.08 Å². The zero-order chi connectivity index (χ0) is 18.4. The highest BCUT2D eigenvalue weighted by molar-refractivity contribution is 5.92. The van der Waals surface area contributed by atoms with E-state index in [4.69, 9.17) is 0 Å². The summed E-state index contributed by atoms with van der Waals surface area (Å²) in [5, 5.41) is 2.79. The van der Waals surface area contributed by atoms with Crippen molar-refractivity contribution < 1.29 is 9.59 Å². The minimum absolute atomic E-state index is 0.00422. The van der Waals surface area contributed by atoms with Crippen LogP contribution < -0.4 is 5.32 Å². The van der Waals surface area contributed by atoms with E-state index in [-0.39, 0.29) is 17.4 Å². The van der Waals surface area contributed by atoms with E-state index in [0.717, 1.165) is 5.56 Å². The molecule has 0 bridgehead atoms. The maximum atomic E-state index is 12.3. The quantitative estimate of drug-likeness (QED) is 0.858. The van der Waals surface area contributed by atoms with Gasteiger partial charge in [-0.1, -0.05) is 45.0 Å². The molecule has 0 saturated carbocycles. The van der Waals surface area contributed by atoms with Crippen LogP contribution >= 0.6 is 0 Å². The highest BCUT2D eigenvalue weighted by Gasteiger charge is 2.22. The summed E-state index contributed by atoms with van der Waals surface area (Å²) in [6.45, 7) is 11.4. The van der Waals surface area contributed by atoms with Crippen molar-refractivity contribution in [2.75, 3.05) is 32.7 Å². The monoisotopic (exact) mass is 343 g/mol. The van der Waals surface area contributed by atoms with Gasteiger partial charge >= 0.3 is 6.03 Å². The molecule has 0 aromatic heterocycles. The number of urea groups is 1. The van der Waals surface area contributed by atoms with Crippen LogP contribution in [0.15, 0.2) is 30.3 Å². The number of hydrogen-bond acceptors (Lipinski definition) is 2. The summed E-state index contributed by atoms with van der Waals surface area (Å²) in [6.07, 6.45) is 3.47. The lowest BCUT2D eigenvalue weighted by Crippen LogP contribution is -2.52. The SMILES string of the molecule is CCNC(=O)N1CCN(C(=O)C=Cc2ccc(C(C)(C)C)cc2)CC1. The van der Waals surface area contributed by atoms with Gasteiger partial charge in [0.1, 0.15) is 0 Å². The molecule has 1 aromatic carbocycles. The number of nitrogens with zero attached hydrogens (tertiary/aromatic N) is 2. The Morgan fingerprint density at radius 1 is 1.04 bits per heavy atom. The molecular formula is C20H29N3O2. The second kappa shape index (κ2) is 8.19. The van der Waals surface area contributed by atoms with Gasteiger partial charge in [-0.2, -0.15) is 0 Å². The maximum absolute atomic E-state index is 12.3. The van der Waals surface area contributed by atoms with Crippen LogP contribution in [0.3, 0.4) is 0 Å². The van der Waals surface area contributed by atoms with Crippen LogP contribution in [-0.2, 0) is 10.2 Å². The number of amides is 3. The number of carbonyl (C=O) groups excluding carboxylic acids is 2.